The third kappa shape index (κ3) is 10.7. The standard InChI is InChI=1S/C25H30BrF6N7.C3H8/c1-3-38(13-16-6-4-5-7-16)22-18(10-21(26)12-35-22)15-39(23(33)36-37-34-2)14-17-8-19(24(27,28)29)11-20(9-17)25(30,31)32;1-3-2/h8-12,16H,3-7,13-15H2,1-2H3,(H2,33,34,36);3H2,1-2H3. The summed E-state index contributed by atoms with van der Waals surface area (Å²) in [6.07, 6.45) is -2.47. The Labute approximate surface area is 251 Å². The Bertz CT molecular complexity index is 1160. The van der Waals surface area contributed by atoms with Crippen LogP contribution < -0.4 is 10.6 Å². The van der Waals surface area contributed by atoms with Crippen LogP contribution in [-0.2, 0) is 25.4 Å². The van der Waals surface area contributed by atoms with Gasteiger partial charge in [0.1, 0.15) is 5.82 Å². The fraction of sp³-hybridized carbons (Fsp3) is 0.571. The number of nitrogens with zero attached hydrogens (tertiary/aromatic N) is 6. The van der Waals surface area contributed by atoms with Gasteiger partial charge in [-0.1, -0.05) is 38.2 Å². The Morgan fingerprint density at radius 2 is 1.55 bits per heavy atom. The summed E-state index contributed by atoms with van der Waals surface area (Å²) in [5.74, 6) is 0.945. The number of anilines is 1. The molecule has 1 fully saturated rings. The Morgan fingerprint density at radius 3 is 2.05 bits per heavy atom. The molecule has 0 radical (unpaired) electrons. The summed E-state index contributed by atoms with van der Waals surface area (Å²) in [6.45, 7) is 7.29. The van der Waals surface area contributed by atoms with E-state index in [1.54, 1.807) is 12.3 Å². The normalized spacial score (nSPS) is 14.7. The van der Waals surface area contributed by atoms with E-state index in [1.807, 2.05) is 6.92 Å². The molecule has 0 bridgehead atoms. The van der Waals surface area contributed by atoms with Gasteiger partial charge in [-0.25, -0.2) is 4.98 Å². The SMILES string of the molecule is CCC.CCN(CC1CCCC1)c1ncc(Br)cc1CN(Cc1cc(C(F)(F)F)cc(C(F)(F)F)c1)/C(N)=N/N=NC. The van der Waals surface area contributed by atoms with Crippen LogP contribution in [0.2, 0.25) is 0 Å². The van der Waals surface area contributed by atoms with Crippen LogP contribution in [0.15, 0.2) is 50.4 Å². The number of pyridine rings is 1. The smallest absolute Gasteiger partial charge is 0.368 e. The zero-order chi connectivity index (χ0) is 31.5. The number of halogens is 7. The molecule has 1 saturated carbocycles. The molecule has 0 amide bonds. The summed E-state index contributed by atoms with van der Waals surface area (Å²) in [5.41, 5.74) is 3.71. The van der Waals surface area contributed by atoms with Gasteiger partial charge in [-0.15, -0.1) is 0 Å². The predicted molar refractivity (Wildman–Crippen MR) is 156 cm³/mol. The molecule has 0 saturated heterocycles. The lowest BCUT2D eigenvalue weighted by Gasteiger charge is -2.30. The molecule has 0 atom stereocenters. The van der Waals surface area contributed by atoms with E-state index < -0.39 is 30.0 Å². The molecule has 3 rings (SSSR count). The molecule has 0 unspecified atom stereocenters. The van der Waals surface area contributed by atoms with Gasteiger partial charge in [0.2, 0.25) is 5.96 Å². The van der Waals surface area contributed by atoms with Crippen LogP contribution in [0.5, 0.6) is 0 Å². The van der Waals surface area contributed by atoms with Crippen LogP contribution in [0.1, 0.15) is 75.1 Å². The molecule has 2 aromatic rings. The lowest BCUT2D eigenvalue weighted by molar-refractivity contribution is -0.143. The maximum absolute atomic E-state index is 13.5. The highest BCUT2D eigenvalue weighted by atomic mass is 79.9. The first-order valence-corrected chi connectivity index (χ1v) is 14.6. The summed E-state index contributed by atoms with van der Waals surface area (Å²) >= 11 is 3.41. The quantitative estimate of drug-likeness (QED) is 0.0956. The third-order valence-electron chi connectivity index (χ3n) is 6.49. The molecule has 7 nitrogen and oxygen atoms in total. The van der Waals surface area contributed by atoms with E-state index in [9.17, 15) is 26.3 Å². The summed E-state index contributed by atoms with van der Waals surface area (Å²) in [5, 5.41) is 10.8. The van der Waals surface area contributed by atoms with Crippen molar-refractivity contribution in [3.63, 3.8) is 0 Å². The van der Waals surface area contributed by atoms with E-state index in [0.29, 0.717) is 40.4 Å². The minimum atomic E-state index is -4.97. The van der Waals surface area contributed by atoms with E-state index in [2.05, 4.69) is 55.1 Å². The summed E-state index contributed by atoms with van der Waals surface area (Å²) in [4.78, 5) is 8.07. The van der Waals surface area contributed by atoms with Crippen molar-refractivity contribution in [3.05, 3.63) is 57.2 Å². The highest BCUT2D eigenvalue weighted by molar-refractivity contribution is 9.10. The lowest BCUT2D eigenvalue weighted by atomic mass is 10.0. The second-order valence-corrected chi connectivity index (χ2v) is 11.0. The van der Waals surface area contributed by atoms with Crippen molar-refractivity contribution in [2.45, 2.75) is 78.3 Å². The molecule has 2 N–H and O–H groups in total. The maximum atomic E-state index is 13.5. The number of guanidine groups is 1. The van der Waals surface area contributed by atoms with Crippen molar-refractivity contribution in [2.24, 2.45) is 27.1 Å². The highest BCUT2D eigenvalue weighted by Gasteiger charge is 2.37. The molecular formula is C28H38BrF6N7. The second kappa shape index (κ2) is 16.1. The summed E-state index contributed by atoms with van der Waals surface area (Å²) in [7, 11) is 1.35. The molecule has 1 heterocycles. The topological polar surface area (TPSA) is 82.5 Å². The molecule has 0 spiro atoms. The molecule has 1 aliphatic rings. The van der Waals surface area contributed by atoms with Gasteiger partial charge in [-0.3, -0.25) is 0 Å². The van der Waals surface area contributed by atoms with E-state index in [1.165, 1.54) is 31.2 Å². The molecule has 1 aromatic carbocycles. The molecule has 42 heavy (non-hydrogen) atoms. The van der Waals surface area contributed by atoms with Crippen molar-refractivity contribution in [2.75, 3.05) is 25.0 Å². The molecule has 0 aliphatic heterocycles. The Hall–Kier alpha value is -2.90. The number of nitrogens with two attached hydrogens (primary N) is 1. The zero-order valence-corrected chi connectivity index (χ0v) is 25.8. The highest BCUT2D eigenvalue weighted by Crippen LogP contribution is 2.37. The predicted octanol–water partition coefficient (Wildman–Crippen LogP) is 8.63. The fourth-order valence-corrected chi connectivity index (χ4v) is 5.03. The van der Waals surface area contributed by atoms with Crippen molar-refractivity contribution >= 4 is 27.7 Å². The van der Waals surface area contributed by atoms with E-state index >= 15 is 0 Å². The van der Waals surface area contributed by atoms with Gasteiger partial charge in [0.05, 0.1) is 18.2 Å². The van der Waals surface area contributed by atoms with Crippen molar-refractivity contribution in [1.29, 1.82) is 0 Å². The summed E-state index contributed by atoms with van der Waals surface area (Å²) < 4.78 is 81.4. The van der Waals surface area contributed by atoms with Crippen molar-refractivity contribution < 1.29 is 26.3 Å². The molecule has 1 aromatic heterocycles. The Morgan fingerprint density at radius 1 is 0.976 bits per heavy atom. The number of hydrogen-bond donors (Lipinski definition) is 1. The van der Waals surface area contributed by atoms with Crippen LogP contribution in [0.25, 0.3) is 0 Å². The van der Waals surface area contributed by atoms with Crippen LogP contribution in [0.3, 0.4) is 0 Å². The average Bonchev–Trinajstić information content (AvgIpc) is 3.43. The molecule has 14 heteroatoms. The van der Waals surface area contributed by atoms with E-state index in [4.69, 9.17) is 5.73 Å². The van der Waals surface area contributed by atoms with Gasteiger partial charge in [0.15, 0.2) is 0 Å². The third-order valence-corrected chi connectivity index (χ3v) is 6.92. The van der Waals surface area contributed by atoms with Crippen molar-refractivity contribution in [1.82, 2.24) is 9.88 Å². The number of alkyl halides is 6. The van der Waals surface area contributed by atoms with Gasteiger partial charge < -0.3 is 15.5 Å². The van der Waals surface area contributed by atoms with Gasteiger partial charge in [-0.05, 0) is 76.7 Å². The molecular weight excluding hydrogens is 628 g/mol. The van der Waals surface area contributed by atoms with Gasteiger partial charge >= 0.3 is 12.4 Å². The first-order valence-electron chi connectivity index (χ1n) is 13.8. The monoisotopic (exact) mass is 665 g/mol. The number of hydrogen-bond acceptors (Lipinski definition) is 4. The first kappa shape index (κ1) is 35.3. The Kier molecular flexibility index (Phi) is 13.5. The number of rotatable bonds is 9. The average molecular weight is 667 g/mol. The van der Waals surface area contributed by atoms with Gasteiger partial charge in [0.25, 0.3) is 0 Å². The van der Waals surface area contributed by atoms with Crippen LogP contribution >= 0.6 is 15.9 Å². The van der Waals surface area contributed by atoms with Gasteiger partial charge in [0, 0.05) is 42.4 Å². The second-order valence-electron chi connectivity index (χ2n) is 10.1. The van der Waals surface area contributed by atoms with Crippen LogP contribution in [0.4, 0.5) is 32.2 Å². The minimum absolute atomic E-state index is 0.00486. The number of benzene rings is 1. The van der Waals surface area contributed by atoms with Gasteiger partial charge in [-0.2, -0.15) is 31.5 Å². The Balaban J connectivity index is 0.00000197. The van der Waals surface area contributed by atoms with Crippen LogP contribution in [-0.4, -0.2) is 36.0 Å². The first-order chi connectivity index (χ1) is 19.7. The van der Waals surface area contributed by atoms with E-state index in [0.717, 1.165) is 19.4 Å². The summed E-state index contributed by atoms with van der Waals surface area (Å²) in [6, 6.07) is 3.24. The maximum Gasteiger partial charge on any atom is 0.416 e. The minimum Gasteiger partial charge on any atom is -0.368 e. The lowest BCUT2D eigenvalue weighted by Crippen LogP contribution is -2.37. The number of aromatic nitrogens is 1. The van der Waals surface area contributed by atoms with E-state index in [-0.39, 0.29) is 24.1 Å². The van der Waals surface area contributed by atoms with Crippen molar-refractivity contribution in [3.8, 4) is 0 Å². The molecule has 234 valence electrons. The zero-order valence-electron chi connectivity index (χ0n) is 24.2. The van der Waals surface area contributed by atoms with Crippen LogP contribution in [0, 0.1) is 5.92 Å². The fourth-order valence-electron chi connectivity index (χ4n) is 4.65. The largest absolute Gasteiger partial charge is 0.416 e. The molecule has 1 aliphatic carbocycles.